The summed E-state index contributed by atoms with van der Waals surface area (Å²) in [5, 5.41) is 6.62. The van der Waals surface area contributed by atoms with E-state index in [9.17, 15) is 0 Å². The third kappa shape index (κ3) is 3.47. The van der Waals surface area contributed by atoms with E-state index in [1.807, 2.05) is 42.5 Å². The lowest BCUT2D eigenvalue weighted by Crippen LogP contribution is -2.03. The van der Waals surface area contributed by atoms with Crippen molar-refractivity contribution in [1.29, 1.82) is 0 Å². The van der Waals surface area contributed by atoms with E-state index in [0.717, 1.165) is 39.9 Å². The van der Waals surface area contributed by atoms with Gasteiger partial charge in [-0.2, -0.15) is 0 Å². The first-order valence-corrected chi connectivity index (χ1v) is 8.05. The van der Waals surface area contributed by atoms with Gasteiger partial charge in [0, 0.05) is 18.3 Å². The molecule has 25 heavy (non-hydrogen) atoms. The van der Waals surface area contributed by atoms with E-state index in [1.165, 1.54) is 0 Å². The highest BCUT2D eigenvalue weighted by Crippen LogP contribution is 2.32. The van der Waals surface area contributed by atoms with E-state index in [-0.39, 0.29) is 6.79 Å². The Hall–Kier alpha value is -3.28. The van der Waals surface area contributed by atoms with Gasteiger partial charge in [0.05, 0.1) is 0 Å². The zero-order valence-electron chi connectivity index (χ0n) is 13.8. The van der Waals surface area contributed by atoms with Crippen LogP contribution in [0.1, 0.15) is 11.1 Å². The van der Waals surface area contributed by atoms with Gasteiger partial charge in [-0.25, -0.2) is 9.97 Å². The van der Waals surface area contributed by atoms with E-state index < -0.39 is 0 Å². The number of ether oxygens (including phenoxy) is 2. The first kappa shape index (κ1) is 15.3. The molecule has 0 unspecified atom stereocenters. The summed E-state index contributed by atoms with van der Waals surface area (Å²) in [5.41, 5.74) is 3.29. The number of nitrogens with zero attached hydrogens (tertiary/aromatic N) is 2. The van der Waals surface area contributed by atoms with Crippen LogP contribution in [0.2, 0.25) is 0 Å². The monoisotopic (exact) mass is 334 g/mol. The Bertz CT molecular complexity index is 898. The second-order valence-electron chi connectivity index (χ2n) is 5.77. The Balaban J connectivity index is 1.44. The number of aromatic nitrogens is 2. The maximum Gasteiger partial charge on any atom is 0.231 e. The number of aryl methyl sites for hydroxylation is 1. The molecule has 3 aromatic rings. The second kappa shape index (κ2) is 6.68. The van der Waals surface area contributed by atoms with Crippen LogP contribution in [-0.4, -0.2) is 16.8 Å². The normalized spacial score (nSPS) is 12.0. The van der Waals surface area contributed by atoms with E-state index in [2.05, 4.69) is 33.6 Å². The summed E-state index contributed by atoms with van der Waals surface area (Å²) >= 11 is 0. The van der Waals surface area contributed by atoms with Crippen LogP contribution in [0.25, 0.3) is 0 Å². The number of benzene rings is 2. The molecule has 0 saturated heterocycles. The molecule has 0 atom stereocenters. The summed E-state index contributed by atoms with van der Waals surface area (Å²) in [7, 11) is 0. The lowest BCUT2D eigenvalue weighted by atomic mass is 10.2. The summed E-state index contributed by atoms with van der Waals surface area (Å²) < 4.78 is 10.7. The van der Waals surface area contributed by atoms with Crippen LogP contribution in [0, 0.1) is 6.92 Å². The number of fused-ring (bicyclic) bond motifs is 1. The van der Waals surface area contributed by atoms with Crippen LogP contribution in [0.5, 0.6) is 11.5 Å². The number of hydrogen-bond donors (Lipinski definition) is 2. The minimum atomic E-state index is 0.284. The number of nitrogens with one attached hydrogen (secondary N) is 2. The molecule has 6 nitrogen and oxygen atoms in total. The van der Waals surface area contributed by atoms with Crippen molar-refractivity contribution in [3.05, 3.63) is 66.0 Å². The van der Waals surface area contributed by atoms with Crippen molar-refractivity contribution in [2.45, 2.75) is 13.5 Å². The molecule has 0 amide bonds. The van der Waals surface area contributed by atoms with Crippen LogP contribution in [0.3, 0.4) is 0 Å². The second-order valence-corrected chi connectivity index (χ2v) is 5.77. The number of anilines is 3. The Morgan fingerprint density at radius 3 is 2.72 bits per heavy atom. The quantitative estimate of drug-likeness (QED) is 0.738. The summed E-state index contributed by atoms with van der Waals surface area (Å²) in [4.78, 5) is 8.55. The average molecular weight is 334 g/mol. The predicted molar refractivity (Wildman–Crippen MR) is 96.4 cm³/mol. The highest BCUT2D eigenvalue weighted by Gasteiger charge is 2.13. The fourth-order valence-corrected chi connectivity index (χ4v) is 2.62. The van der Waals surface area contributed by atoms with E-state index in [4.69, 9.17) is 9.47 Å². The van der Waals surface area contributed by atoms with Crippen LogP contribution in [0.15, 0.2) is 54.9 Å². The fourth-order valence-electron chi connectivity index (χ4n) is 2.62. The number of para-hydroxylation sites is 1. The number of rotatable bonds is 5. The van der Waals surface area contributed by atoms with Gasteiger partial charge < -0.3 is 20.1 Å². The molecule has 0 saturated carbocycles. The molecule has 0 spiro atoms. The van der Waals surface area contributed by atoms with Gasteiger partial charge in [0.25, 0.3) is 0 Å². The molecule has 6 heteroatoms. The van der Waals surface area contributed by atoms with Crippen molar-refractivity contribution in [2.75, 3.05) is 17.4 Å². The van der Waals surface area contributed by atoms with Gasteiger partial charge in [0.2, 0.25) is 6.79 Å². The predicted octanol–water partition coefficient (Wildman–Crippen LogP) is 3.87. The maximum absolute atomic E-state index is 5.40. The lowest BCUT2D eigenvalue weighted by Gasteiger charge is -2.10. The zero-order chi connectivity index (χ0) is 17.1. The van der Waals surface area contributed by atoms with Crippen LogP contribution in [-0.2, 0) is 6.54 Å². The van der Waals surface area contributed by atoms with Gasteiger partial charge in [0.15, 0.2) is 11.5 Å². The van der Waals surface area contributed by atoms with Gasteiger partial charge in [-0.05, 0) is 36.2 Å². The lowest BCUT2D eigenvalue weighted by molar-refractivity contribution is 0.174. The molecule has 1 aliphatic rings. The number of hydrogen-bond acceptors (Lipinski definition) is 6. The Kier molecular flexibility index (Phi) is 4.08. The zero-order valence-corrected chi connectivity index (χ0v) is 13.8. The largest absolute Gasteiger partial charge is 0.454 e. The molecular weight excluding hydrogens is 316 g/mol. The molecule has 2 N–H and O–H groups in total. The van der Waals surface area contributed by atoms with Crippen molar-refractivity contribution in [2.24, 2.45) is 0 Å². The topological polar surface area (TPSA) is 68.3 Å². The summed E-state index contributed by atoms with van der Waals surface area (Å²) in [6.45, 7) is 2.98. The smallest absolute Gasteiger partial charge is 0.231 e. The Morgan fingerprint density at radius 1 is 0.960 bits per heavy atom. The van der Waals surface area contributed by atoms with Gasteiger partial charge in [-0.15, -0.1) is 0 Å². The van der Waals surface area contributed by atoms with Gasteiger partial charge in [-0.3, -0.25) is 0 Å². The molecule has 0 aliphatic carbocycles. The maximum atomic E-state index is 5.40. The van der Waals surface area contributed by atoms with Crippen molar-refractivity contribution in [1.82, 2.24) is 9.97 Å². The average Bonchev–Trinajstić information content (AvgIpc) is 3.10. The van der Waals surface area contributed by atoms with Crippen molar-refractivity contribution >= 4 is 17.3 Å². The minimum Gasteiger partial charge on any atom is -0.454 e. The fraction of sp³-hybridized carbons (Fsp3) is 0.158. The Morgan fingerprint density at radius 2 is 1.80 bits per heavy atom. The van der Waals surface area contributed by atoms with Gasteiger partial charge in [0.1, 0.15) is 18.0 Å². The molecule has 2 aromatic carbocycles. The van der Waals surface area contributed by atoms with Crippen molar-refractivity contribution in [3.8, 4) is 11.5 Å². The van der Waals surface area contributed by atoms with Crippen LogP contribution in [0.4, 0.5) is 17.3 Å². The Labute approximate surface area is 145 Å². The summed E-state index contributed by atoms with van der Waals surface area (Å²) in [6.07, 6.45) is 1.54. The molecule has 0 fully saturated rings. The summed E-state index contributed by atoms with van der Waals surface area (Å²) in [6, 6.07) is 15.9. The molecular formula is C19H18N4O2. The molecule has 1 aromatic heterocycles. The van der Waals surface area contributed by atoms with E-state index in [1.54, 1.807) is 6.33 Å². The van der Waals surface area contributed by atoms with Crippen molar-refractivity contribution in [3.63, 3.8) is 0 Å². The minimum absolute atomic E-state index is 0.284. The van der Waals surface area contributed by atoms with Crippen LogP contribution >= 0.6 is 0 Å². The van der Waals surface area contributed by atoms with E-state index in [0.29, 0.717) is 6.54 Å². The third-order valence-corrected chi connectivity index (χ3v) is 3.99. The highest BCUT2D eigenvalue weighted by atomic mass is 16.7. The standard InChI is InChI=1S/C19H18N4O2/c1-13-4-2-3-5-15(13)23-19-9-18(21-11-22-19)20-10-14-6-7-16-17(8-14)25-12-24-16/h2-9,11H,10,12H2,1H3,(H2,20,21,22,23). The van der Waals surface area contributed by atoms with Gasteiger partial charge in [-0.1, -0.05) is 24.3 Å². The first-order chi connectivity index (χ1) is 12.3. The van der Waals surface area contributed by atoms with E-state index >= 15 is 0 Å². The molecule has 0 bridgehead atoms. The van der Waals surface area contributed by atoms with Crippen LogP contribution < -0.4 is 20.1 Å². The highest BCUT2D eigenvalue weighted by molar-refractivity contribution is 5.62. The third-order valence-electron chi connectivity index (χ3n) is 3.99. The molecule has 1 aliphatic heterocycles. The molecule has 126 valence electrons. The SMILES string of the molecule is Cc1ccccc1Nc1cc(NCc2ccc3c(c2)OCO3)ncn1. The molecule has 4 rings (SSSR count). The molecule has 2 heterocycles. The van der Waals surface area contributed by atoms with Gasteiger partial charge >= 0.3 is 0 Å². The first-order valence-electron chi connectivity index (χ1n) is 8.05. The molecule has 0 radical (unpaired) electrons. The summed E-state index contributed by atoms with van der Waals surface area (Å²) in [5.74, 6) is 3.07. The van der Waals surface area contributed by atoms with Crippen molar-refractivity contribution < 1.29 is 9.47 Å².